The third-order valence-electron chi connectivity index (χ3n) is 3.23. The predicted octanol–water partition coefficient (Wildman–Crippen LogP) is 4.72. The number of para-hydroxylation sites is 2. The van der Waals surface area contributed by atoms with Crippen LogP contribution in [0.1, 0.15) is 5.56 Å². The van der Waals surface area contributed by atoms with Crippen molar-refractivity contribution >= 4 is 35.0 Å². The summed E-state index contributed by atoms with van der Waals surface area (Å²) in [5.74, 6) is 0. The zero-order valence-electron chi connectivity index (χ0n) is 10.8. The fourth-order valence-corrected chi connectivity index (χ4v) is 3.26. The van der Waals surface area contributed by atoms with E-state index >= 15 is 0 Å². The van der Waals surface area contributed by atoms with Gasteiger partial charge in [-0.15, -0.1) is 11.8 Å². The maximum Gasteiger partial charge on any atom is 0.182 e. The number of aromatic amines is 1. The van der Waals surface area contributed by atoms with Gasteiger partial charge in [-0.2, -0.15) is 0 Å². The Balaban J connectivity index is 2.43. The molecule has 0 aliphatic heterocycles. The van der Waals surface area contributed by atoms with E-state index in [1.165, 1.54) is 10.5 Å². The summed E-state index contributed by atoms with van der Waals surface area (Å²) in [4.78, 5) is 4.51. The predicted molar refractivity (Wildman–Crippen MR) is 85.0 cm³/mol. The Labute approximate surface area is 121 Å². The number of rotatable bonds is 2. The summed E-state index contributed by atoms with van der Waals surface area (Å²) in [6.45, 7) is 2.11. The van der Waals surface area contributed by atoms with Crippen LogP contribution in [-0.2, 0) is 0 Å². The molecule has 0 amide bonds. The molecule has 1 heterocycles. The highest BCUT2D eigenvalue weighted by atomic mass is 32.2. The minimum absolute atomic E-state index is 0.741. The average molecular weight is 286 g/mol. The molecule has 1 N–H and O–H groups in total. The maximum atomic E-state index is 5.50. The van der Waals surface area contributed by atoms with Crippen LogP contribution in [0.3, 0.4) is 0 Å². The lowest BCUT2D eigenvalue weighted by atomic mass is 10.2. The highest BCUT2D eigenvalue weighted by Gasteiger charge is 2.11. The van der Waals surface area contributed by atoms with E-state index in [-0.39, 0.29) is 0 Å². The van der Waals surface area contributed by atoms with Crippen molar-refractivity contribution in [3.63, 3.8) is 0 Å². The largest absolute Gasteiger partial charge is 0.330 e. The number of hydrogen-bond donors (Lipinski definition) is 1. The van der Waals surface area contributed by atoms with Gasteiger partial charge in [0.1, 0.15) is 0 Å². The molecule has 0 spiro atoms. The second-order valence-electron chi connectivity index (χ2n) is 4.41. The smallest absolute Gasteiger partial charge is 0.182 e. The van der Waals surface area contributed by atoms with Crippen LogP contribution in [0.15, 0.2) is 47.4 Å². The average Bonchev–Trinajstić information content (AvgIpc) is 2.76. The topological polar surface area (TPSA) is 20.7 Å². The maximum absolute atomic E-state index is 5.50. The zero-order chi connectivity index (χ0) is 13.4. The number of thioether (sulfide) groups is 1. The molecule has 0 unspecified atom stereocenters. The van der Waals surface area contributed by atoms with Crippen molar-refractivity contribution in [1.82, 2.24) is 9.55 Å². The highest BCUT2D eigenvalue weighted by Crippen LogP contribution is 2.28. The summed E-state index contributed by atoms with van der Waals surface area (Å²) in [5, 5.41) is 0. The van der Waals surface area contributed by atoms with E-state index in [2.05, 4.69) is 53.1 Å². The van der Waals surface area contributed by atoms with Crippen molar-refractivity contribution in [1.29, 1.82) is 0 Å². The molecule has 2 aromatic carbocycles. The zero-order valence-corrected chi connectivity index (χ0v) is 12.4. The van der Waals surface area contributed by atoms with E-state index in [1.807, 2.05) is 12.1 Å². The number of H-pyrrole nitrogens is 1. The monoisotopic (exact) mass is 286 g/mol. The van der Waals surface area contributed by atoms with Gasteiger partial charge in [0.2, 0.25) is 0 Å². The lowest BCUT2D eigenvalue weighted by Crippen LogP contribution is -1.97. The second kappa shape index (κ2) is 4.87. The molecule has 3 rings (SSSR count). The SMILES string of the molecule is CSc1ccccc1-n1c(=S)[nH]c2cccc(C)c21. The summed E-state index contributed by atoms with van der Waals surface area (Å²) in [7, 11) is 0. The molecule has 0 saturated heterocycles. The standard InChI is InChI=1S/C15H14N2S2/c1-10-6-5-7-11-14(10)17(15(18)16-11)12-8-3-4-9-13(12)19-2/h3-9H,1-2H3,(H,16,18). The first-order valence-corrected chi connectivity index (χ1v) is 7.69. The van der Waals surface area contributed by atoms with Gasteiger partial charge in [0.25, 0.3) is 0 Å². The number of aromatic nitrogens is 2. The molecule has 96 valence electrons. The Hall–Kier alpha value is -1.52. The van der Waals surface area contributed by atoms with Crippen molar-refractivity contribution in [3.05, 3.63) is 52.8 Å². The van der Waals surface area contributed by atoms with E-state index in [1.54, 1.807) is 11.8 Å². The van der Waals surface area contributed by atoms with Gasteiger partial charge in [-0.25, -0.2) is 0 Å². The Morgan fingerprint density at radius 3 is 2.68 bits per heavy atom. The van der Waals surface area contributed by atoms with Crippen molar-refractivity contribution in [2.24, 2.45) is 0 Å². The molecule has 3 aromatic rings. The molecular weight excluding hydrogens is 272 g/mol. The normalized spacial score (nSPS) is 11.1. The van der Waals surface area contributed by atoms with Crippen LogP contribution in [0.4, 0.5) is 0 Å². The van der Waals surface area contributed by atoms with Gasteiger partial charge < -0.3 is 4.98 Å². The van der Waals surface area contributed by atoms with E-state index < -0.39 is 0 Å². The lowest BCUT2D eigenvalue weighted by Gasteiger charge is -2.10. The molecule has 0 radical (unpaired) electrons. The fraction of sp³-hybridized carbons (Fsp3) is 0.133. The Morgan fingerprint density at radius 1 is 1.11 bits per heavy atom. The van der Waals surface area contributed by atoms with Crippen molar-refractivity contribution in [2.75, 3.05) is 6.26 Å². The first kappa shape index (κ1) is 12.5. The van der Waals surface area contributed by atoms with Crippen molar-refractivity contribution in [3.8, 4) is 5.69 Å². The quantitative estimate of drug-likeness (QED) is 0.543. The van der Waals surface area contributed by atoms with Crippen LogP contribution in [-0.4, -0.2) is 15.8 Å². The molecule has 0 saturated carbocycles. The Bertz CT molecular complexity index is 799. The second-order valence-corrected chi connectivity index (χ2v) is 5.64. The van der Waals surface area contributed by atoms with Crippen molar-refractivity contribution in [2.45, 2.75) is 11.8 Å². The van der Waals surface area contributed by atoms with Gasteiger partial charge >= 0.3 is 0 Å². The van der Waals surface area contributed by atoms with Crippen LogP contribution < -0.4 is 0 Å². The third-order valence-corrected chi connectivity index (χ3v) is 4.30. The van der Waals surface area contributed by atoms with Gasteiger partial charge in [0.15, 0.2) is 4.77 Å². The molecule has 1 aromatic heterocycles. The van der Waals surface area contributed by atoms with E-state index in [4.69, 9.17) is 12.2 Å². The van der Waals surface area contributed by atoms with Gasteiger partial charge in [0.05, 0.1) is 16.7 Å². The minimum atomic E-state index is 0.741. The number of hydrogen-bond acceptors (Lipinski definition) is 2. The van der Waals surface area contributed by atoms with Crippen LogP contribution in [0, 0.1) is 11.7 Å². The number of aryl methyl sites for hydroxylation is 1. The molecule has 0 aliphatic rings. The van der Waals surface area contributed by atoms with Crippen LogP contribution >= 0.6 is 24.0 Å². The minimum Gasteiger partial charge on any atom is -0.330 e. The fourth-order valence-electron chi connectivity index (χ4n) is 2.37. The molecule has 0 bridgehead atoms. The molecule has 2 nitrogen and oxygen atoms in total. The highest BCUT2D eigenvalue weighted by molar-refractivity contribution is 7.98. The summed E-state index contributed by atoms with van der Waals surface area (Å²) in [6.07, 6.45) is 2.09. The first-order chi connectivity index (χ1) is 9.22. The van der Waals surface area contributed by atoms with Gasteiger partial charge in [-0.05, 0) is 49.2 Å². The van der Waals surface area contributed by atoms with E-state index in [0.29, 0.717) is 0 Å². The third kappa shape index (κ3) is 2.01. The van der Waals surface area contributed by atoms with Crippen LogP contribution in [0.5, 0.6) is 0 Å². The molecule has 0 atom stereocenters. The van der Waals surface area contributed by atoms with Gasteiger partial charge in [-0.3, -0.25) is 4.57 Å². The Kier molecular flexibility index (Phi) is 3.21. The lowest BCUT2D eigenvalue weighted by molar-refractivity contribution is 1.03. The number of nitrogens with zero attached hydrogens (tertiary/aromatic N) is 1. The Morgan fingerprint density at radius 2 is 1.89 bits per heavy atom. The number of fused-ring (bicyclic) bond motifs is 1. The summed E-state index contributed by atoms with van der Waals surface area (Å²) < 4.78 is 2.87. The van der Waals surface area contributed by atoms with Gasteiger partial charge in [0, 0.05) is 4.90 Å². The molecule has 4 heteroatoms. The van der Waals surface area contributed by atoms with E-state index in [9.17, 15) is 0 Å². The molecule has 0 fully saturated rings. The van der Waals surface area contributed by atoms with Crippen LogP contribution in [0.2, 0.25) is 0 Å². The van der Waals surface area contributed by atoms with E-state index in [0.717, 1.165) is 21.5 Å². The summed E-state index contributed by atoms with van der Waals surface area (Å²) >= 11 is 7.24. The molecule has 0 aliphatic carbocycles. The van der Waals surface area contributed by atoms with Gasteiger partial charge in [-0.1, -0.05) is 24.3 Å². The number of imidazole rings is 1. The number of benzene rings is 2. The van der Waals surface area contributed by atoms with Crippen LogP contribution in [0.25, 0.3) is 16.7 Å². The summed E-state index contributed by atoms with van der Waals surface area (Å²) in [5.41, 5.74) is 4.61. The summed E-state index contributed by atoms with van der Waals surface area (Å²) in [6, 6.07) is 14.6. The van der Waals surface area contributed by atoms with Crippen molar-refractivity contribution < 1.29 is 0 Å². The first-order valence-electron chi connectivity index (χ1n) is 6.06. The molecular formula is C15H14N2S2. The molecule has 19 heavy (non-hydrogen) atoms. The number of nitrogens with one attached hydrogen (secondary N) is 1.